The van der Waals surface area contributed by atoms with Gasteiger partial charge >= 0.3 is 5.97 Å². The number of thioether (sulfide) groups is 1. The van der Waals surface area contributed by atoms with Crippen molar-refractivity contribution in [2.24, 2.45) is 4.99 Å². The molecule has 0 spiro atoms. The molecule has 1 heterocycles. The quantitative estimate of drug-likeness (QED) is 0.215. The summed E-state index contributed by atoms with van der Waals surface area (Å²) in [6, 6.07) is 19.5. The van der Waals surface area contributed by atoms with Crippen molar-refractivity contribution in [1.29, 1.82) is 5.26 Å². The molecule has 37 heavy (non-hydrogen) atoms. The number of nitriles is 1. The maximum Gasteiger partial charge on any atom is 0.335 e. The lowest BCUT2D eigenvalue weighted by molar-refractivity contribution is -0.122. The van der Waals surface area contributed by atoms with Crippen molar-refractivity contribution < 1.29 is 19.4 Å². The standard InChI is InChI=1S/C27H19I2N3O4S/c1-2-32-25(33)23(37-27(32)31-20-9-7-19(8-10-20)26(34)35)13-18-11-21(28)24(22(29)12-18)36-15-17-5-3-16(14-30)4-6-17/h3-13H,2,15H2,1H3,(H,34,35)/b23-13+,31-27?. The van der Waals surface area contributed by atoms with Crippen LogP contribution in [0.1, 0.15) is 34.0 Å². The summed E-state index contributed by atoms with van der Waals surface area (Å²) in [6.45, 7) is 2.73. The number of halogens is 2. The Kier molecular flexibility index (Phi) is 8.88. The normalized spacial score (nSPS) is 15.3. The third kappa shape index (κ3) is 6.52. The minimum Gasteiger partial charge on any atom is -0.487 e. The van der Waals surface area contributed by atoms with Crippen LogP contribution in [0.4, 0.5) is 5.69 Å². The molecule has 0 radical (unpaired) electrons. The molecule has 0 unspecified atom stereocenters. The second kappa shape index (κ2) is 12.1. The first kappa shape index (κ1) is 27.2. The Labute approximate surface area is 245 Å². The largest absolute Gasteiger partial charge is 0.487 e. The van der Waals surface area contributed by atoms with Gasteiger partial charge in [0.25, 0.3) is 5.91 Å². The number of ether oxygens (including phenoxy) is 1. The van der Waals surface area contributed by atoms with E-state index in [1.807, 2.05) is 37.3 Å². The van der Waals surface area contributed by atoms with E-state index >= 15 is 0 Å². The third-order valence-electron chi connectivity index (χ3n) is 5.33. The number of carboxylic acid groups (broad SMARTS) is 1. The number of carbonyl (C=O) groups excluding carboxylic acids is 1. The zero-order valence-corrected chi connectivity index (χ0v) is 24.6. The lowest BCUT2D eigenvalue weighted by Crippen LogP contribution is -2.28. The van der Waals surface area contributed by atoms with Gasteiger partial charge in [-0.3, -0.25) is 9.69 Å². The van der Waals surface area contributed by atoms with Gasteiger partial charge in [0.15, 0.2) is 5.17 Å². The molecule has 0 bridgehead atoms. The molecule has 1 aliphatic rings. The van der Waals surface area contributed by atoms with Gasteiger partial charge in [0.2, 0.25) is 0 Å². The highest BCUT2D eigenvalue weighted by Crippen LogP contribution is 2.36. The molecular formula is C27H19I2N3O4S. The highest BCUT2D eigenvalue weighted by Gasteiger charge is 2.32. The van der Waals surface area contributed by atoms with E-state index in [4.69, 9.17) is 15.1 Å². The summed E-state index contributed by atoms with van der Waals surface area (Å²) in [4.78, 5) is 30.9. The Morgan fingerprint density at radius 1 is 1.14 bits per heavy atom. The summed E-state index contributed by atoms with van der Waals surface area (Å²) < 4.78 is 7.89. The number of benzene rings is 3. The molecule has 0 atom stereocenters. The molecule has 7 nitrogen and oxygen atoms in total. The Morgan fingerprint density at radius 3 is 2.35 bits per heavy atom. The van der Waals surface area contributed by atoms with Crippen molar-refractivity contribution >= 4 is 85.8 Å². The maximum atomic E-state index is 13.1. The second-order valence-electron chi connectivity index (χ2n) is 7.82. The van der Waals surface area contributed by atoms with Gasteiger partial charge in [0.05, 0.1) is 34.9 Å². The van der Waals surface area contributed by atoms with E-state index in [-0.39, 0.29) is 11.5 Å². The molecule has 1 aliphatic heterocycles. The van der Waals surface area contributed by atoms with Crippen molar-refractivity contribution in [3.8, 4) is 11.8 Å². The number of aromatic carboxylic acids is 1. The molecule has 10 heteroatoms. The van der Waals surface area contributed by atoms with Crippen molar-refractivity contribution in [3.63, 3.8) is 0 Å². The van der Waals surface area contributed by atoms with Gasteiger partial charge < -0.3 is 9.84 Å². The lowest BCUT2D eigenvalue weighted by Gasteiger charge is -2.12. The predicted octanol–water partition coefficient (Wildman–Crippen LogP) is 6.67. The van der Waals surface area contributed by atoms with Gasteiger partial charge in [-0.1, -0.05) is 12.1 Å². The lowest BCUT2D eigenvalue weighted by atomic mass is 10.1. The van der Waals surface area contributed by atoms with Crippen molar-refractivity contribution in [2.75, 3.05) is 6.54 Å². The van der Waals surface area contributed by atoms with Crippen LogP contribution in [0.2, 0.25) is 0 Å². The minimum absolute atomic E-state index is 0.125. The van der Waals surface area contributed by atoms with Crippen LogP contribution >= 0.6 is 56.9 Å². The number of hydrogen-bond donors (Lipinski definition) is 1. The number of likely N-dealkylation sites (N-methyl/N-ethyl adjacent to an activating group) is 1. The highest BCUT2D eigenvalue weighted by molar-refractivity contribution is 14.1. The molecule has 0 aromatic heterocycles. The van der Waals surface area contributed by atoms with Crippen LogP contribution < -0.4 is 4.74 Å². The molecule has 3 aromatic carbocycles. The second-order valence-corrected chi connectivity index (χ2v) is 11.2. The number of nitrogens with zero attached hydrogens (tertiary/aromatic N) is 3. The highest BCUT2D eigenvalue weighted by atomic mass is 127. The summed E-state index contributed by atoms with van der Waals surface area (Å²) in [5.74, 6) is -0.361. The number of carbonyl (C=O) groups is 2. The van der Waals surface area contributed by atoms with E-state index < -0.39 is 5.97 Å². The number of hydrogen-bond acceptors (Lipinski definition) is 6. The number of aliphatic imine (C=N–C) groups is 1. The Morgan fingerprint density at radius 2 is 1.78 bits per heavy atom. The van der Waals surface area contributed by atoms with Crippen LogP contribution in [0.3, 0.4) is 0 Å². The molecule has 4 rings (SSSR count). The fourth-order valence-electron chi connectivity index (χ4n) is 3.44. The molecule has 0 saturated carbocycles. The van der Waals surface area contributed by atoms with Gasteiger partial charge in [-0.2, -0.15) is 5.26 Å². The van der Waals surface area contributed by atoms with Gasteiger partial charge in [-0.25, -0.2) is 9.79 Å². The average molecular weight is 735 g/mol. The summed E-state index contributed by atoms with van der Waals surface area (Å²) in [5.41, 5.74) is 3.20. The van der Waals surface area contributed by atoms with E-state index in [1.165, 1.54) is 23.9 Å². The van der Waals surface area contributed by atoms with Crippen LogP contribution in [0.15, 0.2) is 70.6 Å². The monoisotopic (exact) mass is 735 g/mol. The summed E-state index contributed by atoms with van der Waals surface area (Å²) >= 11 is 5.74. The maximum absolute atomic E-state index is 13.1. The molecular weight excluding hydrogens is 716 g/mol. The molecule has 1 amide bonds. The third-order valence-corrected chi connectivity index (χ3v) is 7.94. The van der Waals surface area contributed by atoms with E-state index in [1.54, 1.807) is 29.2 Å². The number of carboxylic acids is 1. The zero-order chi connectivity index (χ0) is 26.5. The number of amidine groups is 1. The number of rotatable bonds is 7. The van der Waals surface area contributed by atoms with Crippen molar-refractivity contribution in [2.45, 2.75) is 13.5 Å². The summed E-state index contributed by atoms with van der Waals surface area (Å²) in [5, 5.41) is 18.6. The predicted molar refractivity (Wildman–Crippen MR) is 161 cm³/mol. The van der Waals surface area contributed by atoms with E-state index in [2.05, 4.69) is 56.2 Å². The van der Waals surface area contributed by atoms with E-state index in [0.717, 1.165) is 24.0 Å². The summed E-state index contributed by atoms with van der Waals surface area (Å²) in [6.07, 6.45) is 1.85. The van der Waals surface area contributed by atoms with Gasteiger partial charge in [-0.15, -0.1) is 0 Å². The molecule has 3 aromatic rings. The first-order chi connectivity index (χ1) is 17.8. The fourth-order valence-corrected chi connectivity index (χ4v) is 6.63. The smallest absolute Gasteiger partial charge is 0.335 e. The van der Waals surface area contributed by atoms with Gasteiger partial charge in [0, 0.05) is 6.54 Å². The molecule has 1 N–H and O–H groups in total. The van der Waals surface area contributed by atoms with E-state index in [9.17, 15) is 9.59 Å². The van der Waals surface area contributed by atoms with Crippen molar-refractivity contribution in [3.05, 3.63) is 95.0 Å². The Hall–Kier alpha value is -2.89. The molecule has 1 saturated heterocycles. The van der Waals surface area contributed by atoms with Crippen LogP contribution in [0.5, 0.6) is 5.75 Å². The van der Waals surface area contributed by atoms with Gasteiger partial charge in [0.1, 0.15) is 12.4 Å². The minimum atomic E-state index is -1.00. The van der Waals surface area contributed by atoms with Crippen LogP contribution in [-0.4, -0.2) is 33.6 Å². The van der Waals surface area contributed by atoms with Crippen molar-refractivity contribution in [1.82, 2.24) is 4.90 Å². The van der Waals surface area contributed by atoms with E-state index in [0.29, 0.717) is 34.5 Å². The molecule has 0 aliphatic carbocycles. The van der Waals surface area contributed by atoms with Crippen LogP contribution in [0.25, 0.3) is 6.08 Å². The topological polar surface area (TPSA) is 103 Å². The fraction of sp³-hybridized carbons (Fsp3) is 0.111. The van der Waals surface area contributed by atoms with Crippen LogP contribution in [-0.2, 0) is 11.4 Å². The first-order valence-electron chi connectivity index (χ1n) is 11.0. The molecule has 186 valence electrons. The number of amides is 1. The zero-order valence-electron chi connectivity index (χ0n) is 19.4. The molecule has 1 fully saturated rings. The Balaban J connectivity index is 1.53. The SMILES string of the molecule is CCN1C(=O)/C(=C\c2cc(I)c(OCc3ccc(C#N)cc3)c(I)c2)SC1=Nc1ccc(C(=O)O)cc1. The summed E-state index contributed by atoms with van der Waals surface area (Å²) in [7, 11) is 0. The average Bonchev–Trinajstić information content (AvgIpc) is 3.17. The Bertz CT molecular complexity index is 1440. The van der Waals surface area contributed by atoms with Gasteiger partial charge in [-0.05, 0) is 130 Å². The van der Waals surface area contributed by atoms with Crippen LogP contribution in [0, 0.1) is 18.5 Å². The first-order valence-corrected chi connectivity index (χ1v) is 14.0.